The van der Waals surface area contributed by atoms with E-state index in [4.69, 9.17) is 9.47 Å². The van der Waals surface area contributed by atoms with Crippen LogP contribution in [0.1, 0.15) is 32.8 Å². The van der Waals surface area contributed by atoms with Crippen LogP contribution in [-0.4, -0.2) is 13.0 Å². The van der Waals surface area contributed by atoms with Gasteiger partial charge in [0.05, 0.1) is 12.0 Å². The van der Waals surface area contributed by atoms with Gasteiger partial charge in [-0.05, 0) is 78.2 Å². The number of ether oxygens (including phenoxy) is 2. The van der Waals surface area contributed by atoms with Gasteiger partial charge in [0.15, 0.2) is 0 Å². The van der Waals surface area contributed by atoms with Crippen molar-refractivity contribution in [3.8, 4) is 11.5 Å². The summed E-state index contributed by atoms with van der Waals surface area (Å²) in [5.41, 5.74) is 4.58. The van der Waals surface area contributed by atoms with Crippen molar-refractivity contribution in [3.05, 3.63) is 75.5 Å². The molecule has 4 nitrogen and oxygen atoms in total. The van der Waals surface area contributed by atoms with Gasteiger partial charge >= 0.3 is 0 Å². The van der Waals surface area contributed by atoms with E-state index in [1.165, 1.54) is 35.3 Å². The average molecular weight is 379 g/mol. The highest BCUT2D eigenvalue weighted by Crippen LogP contribution is 2.27. The lowest BCUT2D eigenvalue weighted by Crippen LogP contribution is -2.10. The van der Waals surface area contributed by atoms with Crippen molar-refractivity contribution in [1.29, 1.82) is 0 Å². The van der Waals surface area contributed by atoms with Crippen molar-refractivity contribution in [2.75, 3.05) is 12.4 Å². The number of hydrogen-bond acceptors (Lipinski definition) is 4. The lowest BCUT2D eigenvalue weighted by molar-refractivity contribution is 0.103. The predicted molar refractivity (Wildman–Crippen MR) is 108 cm³/mol. The van der Waals surface area contributed by atoms with Crippen molar-refractivity contribution < 1.29 is 14.3 Å². The number of benzene rings is 2. The summed E-state index contributed by atoms with van der Waals surface area (Å²) in [6, 6.07) is 15.5. The fraction of sp³-hybridized carbons (Fsp3) is 0.227. The SMILES string of the molecule is COc1ccc(NC(=O)c2cc(COc3ccc4c(c3)CCC4)cs2)cc1. The molecule has 0 saturated heterocycles. The molecular formula is C22H21NO3S. The molecule has 1 heterocycles. The summed E-state index contributed by atoms with van der Waals surface area (Å²) >= 11 is 1.42. The number of hydrogen-bond donors (Lipinski definition) is 1. The summed E-state index contributed by atoms with van der Waals surface area (Å²) < 4.78 is 11.0. The van der Waals surface area contributed by atoms with Gasteiger partial charge in [0, 0.05) is 11.3 Å². The normalized spacial score (nSPS) is 12.5. The lowest BCUT2D eigenvalue weighted by Gasteiger charge is -2.07. The Balaban J connectivity index is 1.35. The van der Waals surface area contributed by atoms with Crippen molar-refractivity contribution in [3.63, 3.8) is 0 Å². The molecule has 138 valence electrons. The van der Waals surface area contributed by atoms with Gasteiger partial charge in [-0.3, -0.25) is 4.79 Å². The van der Waals surface area contributed by atoms with Crippen LogP contribution in [0.3, 0.4) is 0 Å². The van der Waals surface area contributed by atoms with Crippen LogP contribution in [0, 0.1) is 0 Å². The number of aryl methyl sites for hydroxylation is 2. The number of carbonyl (C=O) groups is 1. The summed E-state index contributed by atoms with van der Waals surface area (Å²) in [6.07, 6.45) is 3.55. The van der Waals surface area contributed by atoms with E-state index in [0.717, 1.165) is 29.2 Å². The van der Waals surface area contributed by atoms with Crippen LogP contribution in [0.2, 0.25) is 0 Å². The number of amides is 1. The molecule has 4 rings (SSSR count). The molecule has 2 aromatic carbocycles. The minimum absolute atomic E-state index is 0.117. The topological polar surface area (TPSA) is 47.6 Å². The van der Waals surface area contributed by atoms with E-state index in [9.17, 15) is 4.79 Å². The van der Waals surface area contributed by atoms with Gasteiger partial charge in [-0.25, -0.2) is 0 Å². The Hall–Kier alpha value is -2.79. The van der Waals surface area contributed by atoms with Gasteiger partial charge in [0.1, 0.15) is 18.1 Å². The molecule has 1 aliphatic carbocycles. The summed E-state index contributed by atoms with van der Waals surface area (Å²) in [5, 5.41) is 4.87. The number of carbonyl (C=O) groups excluding carboxylic acids is 1. The quantitative estimate of drug-likeness (QED) is 0.650. The minimum atomic E-state index is -0.117. The molecule has 0 atom stereocenters. The first-order valence-corrected chi connectivity index (χ1v) is 9.86. The zero-order valence-corrected chi connectivity index (χ0v) is 16.0. The van der Waals surface area contributed by atoms with Crippen LogP contribution < -0.4 is 14.8 Å². The summed E-state index contributed by atoms with van der Waals surface area (Å²) in [7, 11) is 1.62. The number of thiophene rings is 1. The van der Waals surface area contributed by atoms with Crippen LogP contribution in [0.25, 0.3) is 0 Å². The first-order chi connectivity index (χ1) is 13.2. The molecule has 1 amide bonds. The predicted octanol–water partition coefficient (Wildman–Crippen LogP) is 5.08. The monoisotopic (exact) mass is 379 g/mol. The number of anilines is 1. The maximum atomic E-state index is 12.4. The first kappa shape index (κ1) is 17.6. The second-order valence-electron chi connectivity index (χ2n) is 6.57. The highest BCUT2D eigenvalue weighted by molar-refractivity contribution is 7.12. The zero-order valence-electron chi connectivity index (χ0n) is 15.2. The van der Waals surface area contributed by atoms with Crippen LogP contribution in [0.4, 0.5) is 5.69 Å². The van der Waals surface area contributed by atoms with Gasteiger partial charge in [-0.1, -0.05) is 6.07 Å². The minimum Gasteiger partial charge on any atom is -0.497 e. The van der Waals surface area contributed by atoms with Crippen molar-refractivity contribution in [1.82, 2.24) is 0 Å². The van der Waals surface area contributed by atoms with Gasteiger partial charge in [-0.2, -0.15) is 0 Å². The summed E-state index contributed by atoms with van der Waals surface area (Å²) in [6.45, 7) is 0.463. The Morgan fingerprint density at radius 2 is 1.81 bits per heavy atom. The molecule has 1 aromatic heterocycles. The molecule has 27 heavy (non-hydrogen) atoms. The molecule has 1 aliphatic rings. The van der Waals surface area contributed by atoms with E-state index in [2.05, 4.69) is 17.4 Å². The second kappa shape index (κ2) is 7.84. The smallest absolute Gasteiger partial charge is 0.265 e. The molecule has 0 bridgehead atoms. The Labute approximate surface area is 162 Å². The van der Waals surface area contributed by atoms with Gasteiger partial charge in [0.25, 0.3) is 5.91 Å². The number of methoxy groups -OCH3 is 1. The van der Waals surface area contributed by atoms with Crippen molar-refractivity contribution in [2.24, 2.45) is 0 Å². The second-order valence-corrected chi connectivity index (χ2v) is 7.49. The number of nitrogens with one attached hydrogen (secondary N) is 1. The lowest BCUT2D eigenvalue weighted by atomic mass is 10.1. The summed E-state index contributed by atoms with van der Waals surface area (Å²) in [5.74, 6) is 1.54. The maximum absolute atomic E-state index is 12.4. The molecule has 5 heteroatoms. The molecule has 0 radical (unpaired) electrons. The Morgan fingerprint density at radius 1 is 1.04 bits per heavy atom. The van der Waals surface area contributed by atoms with E-state index >= 15 is 0 Å². The average Bonchev–Trinajstić information content (AvgIpc) is 3.36. The zero-order chi connectivity index (χ0) is 18.6. The molecule has 0 spiro atoms. The number of rotatable bonds is 6. The van der Waals surface area contributed by atoms with E-state index in [0.29, 0.717) is 11.5 Å². The fourth-order valence-corrected chi connectivity index (χ4v) is 4.03. The van der Waals surface area contributed by atoms with Crippen LogP contribution in [-0.2, 0) is 19.4 Å². The molecule has 0 aliphatic heterocycles. The Kier molecular flexibility index (Phi) is 5.12. The molecule has 0 fully saturated rings. The van der Waals surface area contributed by atoms with E-state index < -0.39 is 0 Å². The third-order valence-corrected chi connectivity index (χ3v) is 5.68. The van der Waals surface area contributed by atoms with Crippen LogP contribution in [0.5, 0.6) is 11.5 Å². The maximum Gasteiger partial charge on any atom is 0.265 e. The highest BCUT2D eigenvalue weighted by atomic mass is 32.1. The molecule has 0 saturated carbocycles. The summed E-state index contributed by atoms with van der Waals surface area (Å²) in [4.78, 5) is 13.1. The van der Waals surface area contributed by atoms with Crippen molar-refractivity contribution >= 4 is 22.9 Å². The van der Waals surface area contributed by atoms with Crippen LogP contribution >= 0.6 is 11.3 Å². The standard InChI is InChI=1S/C22H21NO3S/c1-25-19-9-6-18(7-10-19)23-22(24)21-11-15(14-27-21)13-26-20-8-5-16-3-2-4-17(16)12-20/h5-12,14H,2-4,13H2,1H3,(H,23,24). The Morgan fingerprint density at radius 3 is 2.63 bits per heavy atom. The van der Waals surface area contributed by atoms with E-state index in [1.807, 2.05) is 41.8 Å². The Bertz CT molecular complexity index is 946. The highest BCUT2D eigenvalue weighted by Gasteiger charge is 2.13. The first-order valence-electron chi connectivity index (χ1n) is 8.99. The molecule has 3 aromatic rings. The number of fused-ring (bicyclic) bond motifs is 1. The van der Waals surface area contributed by atoms with Gasteiger partial charge in [-0.15, -0.1) is 11.3 Å². The van der Waals surface area contributed by atoms with Crippen molar-refractivity contribution in [2.45, 2.75) is 25.9 Å². The molecule has 1 N–H and O–H groups in total. The molecule has 0 unspecified atom stereocenters. The van der Waals surface area contributed by atoms with Gasteiger partial charge in [0.2, 0.25) is 0 Å². The largest absolute Gasteiger partial charge is 0.497 e. The van der Waals surface area contributed by atoms with E-state index in [-0.39, 0.29) is 5.91 Å². The van der Waals surface area contributed by atoms with Crippen LogP contribution in [0.15, 0.2) is 53.9 Å². The third-order valence-electron chi connectivity index (χ3n) is 4.70. The van der Waals surface area contributed by atoms with Gasteiger partial charge < -0.3 is 14.8 Å². The molecular weight excluding hydrogens is 358 g/mol. The fourth-order valence-electron chi connectivity index (χ4n) is 3.24. The third kappa shape index (κ3) is 4.14. The van der Waals surface area contributed by atoms with E-state index in [1.54, 1.807) is 7.11 Å².